The van der Waals surface area contributed by atoms with Crippen LogP contribution in [0.2, 0.25) is 0 Å². The van der Waals surface area contributed by atoms with Gasteiger partial charge in [0.2, 0.25) is 0 Å². The highest BCUT2D eigenvalue weighted by molar-refractivity contribution is 5.99. The molecule has 0 N–H and O–H groups in total. The number of Topliss-reactive ketones (excluding diaryl/α,β-unsaturated/α-hetero) is 1. The van der Waals surface area contributed by atoms with Gasteiger partial charge in [-0.15, -0.1) is 0 Å². The van der Waals surface area contributed by atoms with Gasteiger partial charge in [0.25, 0.3) is 0 Å². The molecular weight excluding hydrogens is 416 g/mol. The maximum Gasteiger partial charge on any atom is 0.336 e. The number of carbonyl (C=O) groups is 3. The van der Waals surface area contributed by atoms with E-state index in [1.807, 2.05) is 13.0 Å². The van der Waals surface area contributed by atoms with Crippen molar-refractivity contribution in [2.75, 3.05) is 6.61 Å². The molecule has 5 nitrogen and oxygen atoms in total. The Kier molecular flexibility index (Phi) is 4.42. The van der Waals surface area contributed by atoms with Crippen LogP contribution in [0.25, 0.3) is 0 Å². The van der Waals surface area contributed by atoms with Gasteiger partial charge in [0.05, 0.1) is 17.6 Å². The summed E-state index contributed by atoms with van der Waals surface area (Å²) in [5, 5.41) is 0. The maximum absolute atomic E-state index is 14.0. The van der Waals surface area contributed by atoms with Gasteiger partial charge >= 0.3 is 5.97 Å². The fourth-order valence-corrected chi connectivity index (χ4v) is 8.73. The van der Waals surface area contributed by atoms with Crippen molar-refractivity contribution in [1.29, 1.82) is 0 Å². The minimum atomic E-state index is -0.662. The highest BCUT2D eigenvalue weighted by Crippen LogP contribution is 2.66. The van der Waals surface area contributed by atoms with Gasteiger partial charge in [-0.05, 0) is 69.3 Å². The number of ketones is 2. The molecule has 9 atom stereocenters. The normalized spacial score (nSPS) is 50.8. The Hall–Kier alpha value is -2.01. The van der Waals surface area contributed by atoms with Gasteiger partial charge in [-0.1, -0.05) is 31.2 Å². The lowest BCUT2D eigenvalue weighted by Gasteiger charge is -2.56. The van der Waals surface area contributed by atoms with Crippen LogP contribution < -0.4 is 0 Å². The first-order valence-electron chi connectivity index (χ1n) is 12.6. The number of hydrogen-bond acceptors (Lipinski definition) is 5. The first kappa shape index (κ1) is 21.5. The van der Waals surface area contributed by atoms with Crippen LogP contribution in [-0.4, -0.2) is 35.8 Å². The predicted molar refractivity (Wildman–Crippen MR) is 122 cm³/mol. The second-order valence-corrected chi connectivity index (χ2v) is 11.9. The lowest BCUT2D eigenvalue weighted by molar-refractivity contribution is -0.200. The van der Waals surface area contributed by atoms with Gasteiger partial charge in [-0.25, -0.2) is 4.79 Å². The molecule has 6 aliphatic rings. The molecule has 4 aliphatic carbocycles. The predicted octanol–water partition coefficient (Wildman–Crippen LogP) is 4.37. The molecule has 4 fully saturated rings. The molecule has 33 heavy (non-hydrogen) atoms. The molecule has 6 rings (SSSR count). The first-order valence-corrected chi connectivity index (χ1v) is 12.6. The SMILES string of the molecule is C=C1C(=O)O[C@@H]2C[C@@]1(C)OC[C@H]2[C@H]1CC[C@H]2[C@@H]3CC=C4CC=CC(=O)[C@]4(C)[C@H]3CC(=O)[C@]12C. The summed E-state index contributed by atoms with van der Waals surface area (Å²) >= 11 is 0. The number of allylic oxidation sites excluding steroid dienone is 4. The number of ether oxygens (including phenoxy) is 2. The lowest BCUT2D eigenvalue weighted by atomic mass is 9.46. The summed E-state index contributed by atoms with van der Waals surface area (Å²) in [7, 11) is 0. The lowest BCUT2D eigenvalue weighted by Crippen LogP contribution is -2.59. The van der Waals surface area contributed by atoms with Gasteiger partial charge in [-0.3, -0.25) is 9.59 Å². The van der Waals surface area contributed by atoms with E-state index in [4.69, 9.17) is 9.47 Å². The number of esters is 1. The highest BCUT2D eigenvalue weighted by Gasteiger charge is 2.66. The molecule has 0 aromatic carbocycles. The third-order valence-electron chi connectivity index (χ3n) is 10.9. The molecule has 2 aliphatic heterocycles. The van der Waals surface area contributed by atoms with Crippen molar-refractivity contribution in [1.82, 2.24) is 0 Å². The Morgan fingerprint density at radius 1 is 1.03 bits per heavy atom. The minimum absolute atomic E-state index is 0.0233. The van der Waals surface area contributed by atoms with Crippen molar-refractivity contribution in [3.05, 3.63) is 36.0 Å². The van der Waals surface area contributed by atoms with Crippen molar-refractivity contribution < 1.29 is 23.9 Å². The van der Waals surface area contributed by atoms with Gasteiger partial charge < -0.3 is 9.47 Å². The second-order valence-electron chi connectivity index (χ2n) is 11.9. The van der Waals surface area contributed by atoms with Crippen LogP contribution in [0.4, 0.5) is 0 Å². The van der Waals surface area contributed by atoms with E-state index < -0.39 is 16.4 Å². The van der Waals surface area contributed by atoms with E-state index in [0.29, 0.717) is 36.7 Å². The Balaban J connectivity index is 1.33. The van der Waals surface area contributed by atoms with Crippen LogP contribution in [0.1, 0.15) is 59.3 Å². The molecule has 2 heterocycles. The zero-order valence-corrected chi connectivity index (χ0v) is 19.9. The molecule has 0 radical (unpaired) electrons. The summed E-state index contributed by atoms with van der Waals surface area (Å²) in [6.45, 7) is 10.6. The van der Waals surface area contributed by atoms with Crippen LogP contribution in [-0.2, 0) is 23.9 Å². The molecule has 176 valence electrons. The third kappa shape index (κ3) is 2.60. The molecule has 0 amide bonds. The average molecular weight is 451 g/mol. The minimum Gasteiger partial charge on any atom is -0.458 e. The molecule has 2 saturated heterocycles. The number of fused-ring (bicyclic) bond motifs is 7. The van der Waals surface area contributed by atoms with Crippen LogP contribution in [0, 0.1) is 40.4 Å². The van der Waals surface area contributed by atoms with E-state index in [0.717, 1.165) is 25.7 Å². The van der Waals surface area contributed by atoms with Crippen LogP contribution in [0.5, 0.6) is 0 Å². The molecule has 0 unspecified atom stereocenters. The summed E-state index contributed by atoms with van der Waals surface area (Å²) in [6.07, 6.45) is 10.6. The quantitative estimate of drug-likeness (QED) is 0.337. The molecule has 0 aromatic rings. The van der Waals surface area contributed by atoms with Gasteiger partial charge in [0.15, 0.2) is 5.78 Å². The number of carbonyl (C=O) groups excluding carboxylic acids is 3. The maximum atomic E-state index is 14.0. The summed E-state index contributed by atoms with van der Waals surface area (Å²) in [5.74, 6) is 0.918. The largest absolute Gasteiger partial charge is 0.458 e. The fourth-order valence-electron chi connectivity index (χ4n) is 8.73. The smallest absolute Gasteiger partial charge is 0.336 e. The topological polar surface area (TPSA) is 69.7 Å². The Morgan fingerprint density at radius 2 is 1.76 bits per heavy atom. The molecule has 5 heteroatoms. The van der Waals surface area contributed by atoms with Crippen LogP contribution >= 0.6 is 0 Å². The Morgan fingerprint density at radius 3 is 2.52 bits per heavy atom. The summed E-state index contributed by atoms with van der Waals surface area (Å²) in [5.41, 5.74) is -0.0589. The van der Waals surface area contributed by atoms with E-state index in [2.05, 4.69) is 26.5 Å². The molecule has 2 saturated carbocycles. The standard InChI is InChI=1S/C28H34O5/c1-15-25(31)33-22-13-26(15,2)32-14-18(22)20-11-10-19-17-9-8-16-6-5-7-23(29)27(16,3)21(17)12-24(30)28(19,20)4/h5,7-8,17-22H,1,6,9-14H2,2-4H3/t17-,18-,19-,20+,21-,22+,26+,27-,28-/m0/s1. The third-order valence-corrected chi connectivity index (χ3v) is 10.9. The molecular formula is C28H34O5. The van der Waals surface area contributed by atoms with E-state index in [9.17, 15) is 14.4 Å². The van der Waals surface area contributed by atoms with Crippen molar-refractivity contribution in [3.8, 4) is 0 Å². The average Bonchev–Trinajstić information content (AvgIpc) is 3.13. The summed E-state index contributed by atoms with van der Waals surface area (Å²) < 4.78 is 12.1. The molecule has 0 spiro atoms. The van der Waals surface area contributed by atoms with Gasteiger partial charge in [-0.2, -0.15) is 0 Å². The van der Waals surface area contributed by atoms with Gasteiger partial charge in [0.1, 0.15) is 17.5 Å². The van der Waals surface area contributed by atoms with Crippen molar-refractivity contribution in [3.63, 3.8) is 0 Å². The first-order chi connectivity index (χ1) is 15.6. The number of hydrogen-bond donors (Lipinski definition) is 0. The monoisotopic (exact) mass is 450 g/mol. The van der Waals surface area contributed by atoms with E-state index in [1.165, 1.54) is 5.57 Å². The van der Waals surface area contributed by atoms with Crippen molar-refractivity contribution >= 4 is 17.5 Å². The van der Waals surface area contributed by atoms with E-state index in [-0.39, 0.29) is 41.5 Å². The molecule has 2 bridgehead atoms. The van der Waals surface area contributed by atoms with Crippen molar-refractivity contribution in [2.45, 2.75) is 71.0 Å². The zero-order chi connectivity index (χ0) is 23.3. The van der Waals surface area contributed by atoms with Crippen LogP contribution in [0.3, 0.4) is 0 Å². The highest BCUT2D eigenvalue weighted by atomic mass is 16.6. The zero-order valence-electron chi connectivity index (χ0n) is 19.9. The van der Waals surface area contributed by atoms with E-state index >= 15 is 0 Å². The summed E-state index contributed by atoms with van der Waals surface area (Å²) in [6, 6.07) is 0. The Labute approximate surface area is 195 Å². The number of rotatable bonds is 1. The van der Waals surface area contributed by atoms with Crippen molar-refractivity contribution in [2.24, 2.45) is 40.4 Å². The van der Waals surface area contributed by atoms with Gasteiger partial charge in [0, 0.05) is 24.2 Å². The Bertz CT molecular complexity index is 1040. The molecule has 0 aromatic heterocycles. The summed E-state index contributed by atoms with van der Waals surface area (Å²) in [4.78, 5) is 39.5. The second kappa shape index (κ2) is 6.78. The van der Waals surface area contributed by atoms with Crippen LogP contribution in [0.15, 0.2) is 36.0 Å². The fraction of sp³-hybridized carbons (Fsp3) is 0.679. The van der Waals surface area contributed by atoms with E-state index in [1.54, 1.807) is 6.08 Å².